The van der Waals surface area contributed by atoms with Gasteiger partial charge in [0.25, 0.3) is 5.91 Å². The average molecular weight is 397 g/mol. The molecule has 0 aromatic carbocycles. The first-order valence-corrected chi connectivity index (χ1v) is 10.2. The van der Waals surface area contributed by atoms with E-state index < -0.39 is 0 Å². The number of carbonyl (C=O) groups excluding carboxylic acids is 2. The Hall–Kier alpha value is -2.74. The Balaban J connectivity index is 1.32. The van der Waals surface area contributed by atoms with E-state index in [4.69, 9.17) is 4.74 Å². The van der Waals surface area contributed by atoms with Gasteiger partial charge in [-0.3, -0.25) is 19.3 Å². The normalized spacial score (nSPS) is 19.2. The van der Waals surface area contributed by atoms with Crippen LogP contribution in [0.3, 0.4) is 0 Å². The topological polar surface area (TPSA) is 89.4 Å². The zero-order valence-electron chi connectivity index (χ0n) is 16.7. The zero-order valence-corrected chi connectivity index (χ0v) is 16.7. The van der Waals surface area contributed by atoms with E-state index in [0.29, 0.717) is 50.6 Å². The average Bonchev–Trinajstić information content (AvgIpc) is 3.52. The van der Waals surface area contributed by atoms with Gasteiger partial charge in [-0.2, -0.15) is 5.10 Å². The van der Waals surface area contributed by atoms with Gasteiger partial charge < -0.3 is 15.0 Å². The molecule has 1 unspecified atom stereocenters. The minimum atomic E-state index is -0.170. The highest BCUT2D eigenvalue weighted by Gasteiger charge is 2.30. The van der Waals surface area contributed by atoms with E-state index in [9.17, 15) is 9.59 Å². The molecule has 2 aromatic heterocycles. The summed E-state index contributed by atoms with van der Waals surface area (Å²) in [7, 11) is 1.86. The van der Waals surface area contributed by atoms with Gasteiger partial charge in [0.05, 0.1) is 25.5 Å². The van der Waals surface area contributed by atoms with Crippen molar-refractivity contribution in [1.82, 2.24) is 25.0 Å². The molecule has 0 radical (unpaired) electrons. The molecule has 0 spiro atoms. The summed E-state index contributed by atoms with van der Waals surface area (Å²) in [6, 6.07) is 3.52. The van der Waals surface area contributed by atoms with Gasteiger partial charge >= 0.3 is 0 Å². The van der Waals surface area contributed by atoms with Gasteiger partial charge in [-0.15, -0.1) is 0 Å². The largest absolute Gasteiger partial charge is 0.377 e. The number of pyridine rings is 1. The highest BCUT2D eigenvalue weighted by atomic mass is 16.5. The van der Waals surface area contributed by atoms with Crippen LogP contribution in [0.1, 0.15) is 46.8 Å². The third kappa shape index (κ3) is 5.00. The van der Waals surface area contributed by atoms with Gasteiger partial charge in [-0.05, 0) is 37.0 Å². The first-order chi connectivity index (χ1) is 14.1. The van der Waals surface area contributed by atoms with Crippen molar-refractivity contribution >= 4 is 11.8 Å². The number of amides is 2. The molecular formula is C21H27N5O3. The standard InChI is InChI=1S/C21H27N5O3/c1-25-13-15(11-24-25)2-5-20(27)23-12-18-14-29-9-8-26(18)21(28)17-6-7-22-19(10-17)16-3-4-16/h6-7,10-11,13,16,18H,2-5,8-9,12,14H2,1H3,(H,23,27). The van der Waals surface area contributed by atoms with E-state index in [1.807, 2.05) is 24.2 Å². The third-order valence-electron chi connectivity index (χ3n) is 5.45. The molecule has 8 nitrogen and oxygen atoms in total. The molecular weight excluding hydrogens is 370 g/mol. The fraction of sp³-hybridized carbons (Fsp3) is 0.524. The lowest BCUT2D eigenvalue weighted by Gasteiger charge is -2.35. The van der Waals surface area contributed by atoms with Crippen LogP contribution in [0.5, 0.6) is 0 Å². The summed E-state index contributed by atoms with van der Waals surface area (Å²) >= 11 is 0. The molecule has 29 heavy (non-hydrogen) atoms. The molecule has 2 amide bonds. The highest BCUT2D eigenvalue weighted by molar-refractivity contribution is 5.94. The number of carbonyl (C=O) groups is 2. The Morgan fingerprint density at radius 1 is 1.34 bits per heavy atom. The van der Waals surface area contributed by atoms with Crippen LogP contribution in [0.2, 0.25) is 0 Å². The van der Waals surface area contributed by atoms with E-state index >= 15 is 0 Å². The van der Waals surface area contributed by atoms with Crippen LogP contribution in [-0.2, 0) is 23.0 Å². The summed E-state index contributed by atoms with van der Waals surface area (Å²) < 4.78 is 7.29. The molecule has 3 heterocycles. The number of nitrogens with zero attached hydrogens (tertiary/aromatic N) is 4. The number of aryl methyl sites for hydroxylation is 2. The van der Waals surface area contributed by atoms with Crippen LogP contribution >= 0.6 is 0 Å². The van der Waals surface area contributed by atoms with Gasteiger partial charge in [0.15, 0.2) is 0 Å². The molecule has 2 fully saturated rings. The quantitative estimate of drug-likeness (QED) is 0.760. The van der Waals surface area contributed by atoms with E-state index in [0.717, 1.165) is 24.1 Å². The second kappa shape index (κ2) is 8.73. The number of rotatable bonds is 7. The van der Waals surface area contributed by atoms with E-state index in [2.05, 4.69) is 15.4 Å². The number of ether oxygens (including phenoxy) is 1. The first-order valence-electron chi connectivity index (χ1n) is 10.2. The maximum Gasteiger partial charge on any atom is 0.254 e. The minimum Gasteiger partial charge on any atom is -0.377 e. The molecule has 1 aliphatic heterocycles. The predicted molar refractivity (Wildman–Crippen MR) is 106 cm³/mol. The zero-order chi connectivity index (χ0) is 20.2. The number of morpholine rings is 1. The van der Waals surface area contributed by atoms with Crippen LogP contribution in [0.15, 0.2) is 30.7 Å². The van der Waals surface area contributed by atoms with Crippen LogP contribution in [0.25, 0.3) is 0 Å². The summed E-state index contributed by atoms with van der Waals surface area (Å²) in [5, 5.41) is 7.07. The number of hydrogen-bond donors (Lipinski definition) is 1. The van der Waals surface area contributed by atoms with Gasteiger partial charge in [-0.25, -0.2) is 0 Å². The molecule has 1 atom stereocenters. The molecule has 2 aliphatic rings. The van der Waals surface area contributed by atoms with Crippen LogP contribution in [-0.4, -0.2) is 63.8 Å². The van der Waals surface area contributed by atoms with Crippen molar-refractivity contribution in [2.75, 3.05) is 26.3 Å². The lowest BCUT2D eigenvalue weighted by Crippen LogP contribution is -2.53. The SMILES string of the molecule is Cn1cc(CCC(=O)NCC2COCCN2C(=O)c2ccnc(C3CC3)c2)cn1. The van der Waals surface area contributed by atoms with Crippen molar-refractivity contribution < 1.29 is 14.3 Å². The summed E-state index contributed by atoms with van der Waals surface area (Å²) in [4.78, 5) is 31.5. The van der Waals surface area contributed by atoms with E-state index in [1.165, 1.54) is 0 Å². The smallest absolute Gasteiger partial charge is 0.254 e. The monoisotopic (exact) mass is 397 g/mol. The highest BCUT2D eigenvalue weighted by Crippen LogP contribution is 2.39. The van der Waals surface area contributed by atoms with Gasteiger partial charge in [0.2, 0.25) is 5.91 Å². The van der Waals surface area contributed by atoms with Gasteiger partial charge in [0, 0.05) is 56.1 Å². The van der Waals surface area contributed by atoms with Crippen molar-refractivity contribution in [3.63, 3.8) is 0 Å². The van der Waals surface area contributed by atoms with Gasteiger partial charge in [-0.1, -0.05) is 0 Å². The number of hydrogen-bond acceptors (Lipinski definition) is 5. The summed E-state index contributed by atoms with van der Waals surface area (Å²) in [5.74, 6) is 0.446. The summed E-state index contributed by atoms with van der Waals surface area (Å²) in [6.45, 7) is 1.85. The summed E-state index contributed by atoms with van der Waals surface area (Å²) in [5.41, 5.74) is 2.70. The molecule has 1 N–H and O–H groups in total. The second-order valence-corrected chi connectivity index (χ2v) is 7.80. The molecule has 1 saturated heterocycles. The maximum atomic E-state index is 13.1. The predicted octanol–water partition coefficient (Wildman–Crippen LogP) is 1.28. The fourth-order valence-electron chi connectivity index (χ4n) is 3.62. The van der Waals surface area contributed by atoms with Crippen LogP contribution in [0.4, 0.5) is 0 Å². The molecule has 2 aromatic rings. The Morgan fingerprint density at radius 2 is 2.21 bits per heavy atom. The molecule has 1 aliphatic carbocycles. The third-order valence-corrected chi connectivity index (χ3v) is 5.45. The molecule has 154 valence electrons. The lowest BCUT2D eigenvalue weighted by molar-refractivity contribution is -0.121. The Kier molecular flexibility index (Phi) is 5.89. The van der Waals surface area contributed by atoms with E-state index in [-0.39, 0.29) is 17.9 Å². The maximum absolute atomic E-state index is 13.1. The Bertz CT molecular complexity index is 877. The van der Waals surface area contributed by atoms with Crippen molar-refractivity contribution in [3.05, 3.63) is 47.5 Å². The Labute approximate surface area is 170 Å². The van der Waals surface area contributed by atoms with Crippen molar-refractivity contribution in [2.24, 2.45) is 7.05 Å². The fourth-order valence-corrected chi connectivity index (χ4v) is 3.62. The van der Waals surface area contributed by atoms with Gasteiger partial charge in [0.1, 0.15) is 0 Å². The van der Waals surface area contributed by atoms with Crippen molar-refractivity contribution in [2.45, 2.75) is 37.6 Å². The van der Waals surface area contributed by atoms with Crippen molar-refractivity contribution in [3.8, 4) is 0 Å². The van der Waals surface area contributed by atoms with Crippen molar-refractivity contribution in [1.29, 1.82) is 0 Å². The molecule has 4 rings (SSSR count). The van der Waals surface area contributed by atoms with Crippen LogP contribution in [0, 0.1) is 0 Å². The first kappa shape index (κ1) is 19.6. The molecule has 0 bridgehead atoms. The molecule has 1 saturated carbocycles. The molecule has 8 heteroatoms. The minimum absolute atomic E-state index is 0.0211. The lowest BCUT2D eigenvalue weighted by atomic mass is 10.1. The summed E-state index contributed by atoms with van der Waals surface area (Å²) in [6.07, 6.45) is 8.73. The van der Waals surface area contributed by atoms with Crippen LogP contribution < -0.4 is 5.32 Å². The number of aromatic nitrogens is 3. The second-order valence-electron chi connectivity index (χ2n) is 7.80. The number of nitrogens with one attached hydrogen (secondary N) is 1. The van der Waals surface area contributed by atoms with E-state index in [1.54, 1.807) is 23.1 Å². The Morgan fingerprint density at radius 3 is 2.97 bits per heavy atom.